The summed E-state index contributed by atoms with van der Waals surface area (Å²) >= 11 is 0. The third-order valence-corrected chi connectivity index (χ3v) is 13.2. The Morgan fingerprint density at radius 2 is 0.742 bits per heavy atom. The molecule has 0 aromatic heterocycles. The molecule has 0 spiro atoms. The second-order valence-electron chi connectivity index (χ2n) is 20.0. The van der Waals surface area contributed by atoms with Gasteiger partial charge in [0.2, 0.25) is 0 Å². The highest BCUT2D eigenvalue weighted by Gasteiger charge is 2.17. The molecule has 8 aromatic carbocycles. The molecule has 2 atom stereocenters. The summed E-state index contributed by atoms with van der Waals surface area (Å²) in [6.45, 7) is 3.01. The Labute approximate surface area is 538 Å². The number of Topliss-reactive ketones (excluding diaryl/α,β-unsaturated/α-hetero) is 1. The van der Waals surface area contributed by atoms with Gasteiger partial charge in [0, 0.05) is 65.0 Å². The minimum Gasteiger partial charge on any atom is -0.478 e. The Balaban J connectivity index is 0.000000212. The summed E-state index contributed by atoms with van der Waals surface area (Å²) in [6, 6.07) is 61.8. The molecule has 8 aromatic rings. The Hall–Kier alpha value is -11.0. The number of allylic oxidation sites excluding steroid dienone is 3. The summed E-state index contributed by atoms with van der Waals surface area (Å²) in [5.74, 6) is 1.94. The van der Waals surface area contributed by atoms with Crippen LogP contribution in [-0.2, 0) is 19.1 Å². The van der Waals surface area contributed by atoms with Gasteiger partial charge in [0.25, 0.3) is 11.8 Å². The van der Waals surface area contributed by atoms with Gasteiger partial charge in [0.15, 0.2) is 35.7 Å². The maximum atomic E-state index is 12.1. The first-order valence-corrected chi connectivity index (χ1v) is 29.3. The summed E-state index contributed by atoms with van der Waals surface area (Å²) in [5.41, 5.74) is 10.8. The monoisotopic (exact) mass is 1260 g/mol. The van der Waals surface area contributed by atoms with E-state index in [1.807, 2.05) is 84.9 Å². The molecule has 0 radical (unpaired) electrons. The highest BCUT2D eigenvalue weighted by Crippen LogP contribution is 2.16. The quantitative estimate of drug-likeness (QED) is 0.0153. The molecule has 2 amide bonds. The van der Waals surface area contributed by atoms with Gasteiger partial charge < -0.3 is 19.7 Å². The molecule has 478 valence electrons. The number of aldehydes is 1. The number of hydrogen-bond acceptors (Lipinski definition) is 15. The Morgan fingerprint density at radius 1 is 0.419 bits per heavy atom. The first-order valence-electron chi connectivity index (χ1n) is 29.3. The number of ether oxygens (including phenoxy) is 2. The number of ketones is 4. The van der Waals surface area contributed by atoms with Crippen LogP contribution in [0.5, 0.6) is 0 Å². The summed E-state index contributed by atoms with van der Waals surface area (Å²) in [7, 11) is 0. The van der Waals surface area contributed by atoms with Crippen molar-refractivity contribution in [2.75, 3.05) is 13.2 Å². The zero-order valence-electron chi connectivity index (χ0n) is 50.9. The number of hydrogen-bond donors (Lipinski definition) is 6. The number of amides is 2. The Bertz CT molecular complexity index is 3720. The van der Waals surface area contributed by atoms with Gasteiger partial charge in [-0.2, -0.15) is 0 Å². The van der Waals surface area contributed by atoms with E-state index >= 15 is 0 Å². The lowest BCUT2D eigenvalue weighted by Gasteiger charge is -2.22. The van der Waals surface area contributed by atoms with Crippen LogP contribution in [-0.4, -0.2) is 94.4 Å². The number of carboxylic acids is 2. The molecule has 2 aliphatic rings. The van der Waals surface area contributed by atoms with Gasteiger partial charge in [-0.05, 0) is 116 Å². The maximum absolute atomic E-state index is 12.1. The highest BCUT2D eigenvalue weighted by atomic mass is 16.8. The van der Waals surface area contributed by atoms with Crippen molar-refractivity contribution in [2.45, 2.75) is 58.0 Å². The zero-order valence-corrected chi connectivity index (χ0v) is 50.9. The van der Waals surface area contributed by atoms with Crippen molar-refractivity contribution in [3.05, 3.63) is 303 Å². The molecule has 2 saturated heterocycles. The minimum absolute atomic E-state index is 0.0618. The van der Waals surface area contributed by atoms with Crippen LogP contribution in [0.4, 0.5) is 0 Å². The van der Waals surface area contributed by atoms with Crippen molar-refractivity contribution in [1.82, 2.24) is 11.0 Å². The number of carbonyl (C=O) groups is 9. The van der Waals surface area contributed by atoms with Crippen LogP contribution in [0, 0.1) is 0 Å². The lowest BCUT2D eigenvalue weighted by atomic mass is 10.1. The number of carboxylic acid groups (broad SMARTS) is 2. The fourth-order valence-corrected chi connectivity index (χ4v) is 8.08. The van der Waals surface area contributed by atoms with Gasteiger partial charge in [0.1, 0.15) is 6.29 Å². The van der Waals surface area contributed by atoms with E-state index < -0.39 is 17.8 Å². The van der Waals surface area contributed by atoms with Crippen molar-refractivity contribution < 1.29 is 77.7 Å². The molecular weight excluding hydrogens is 1190 g/mol. The van der Waals surface area contributed by atoms with Crippen LogP contribution in [0.2, 0.25) is 0 Å². The average Bonchev–Trinajstić information content (AvgIpc) is 3.78. The largest absolute Gasteiger partial charge is 0.478 e. The van der Waals surface area contributed by atoms with Crippen LogP contribution in [0.25, 0.3) is 18.2 Å². The molecule has 19 nitrogen and oxygen atoms in total. The van der Waals surface area contributed by atoms with Crippen molar-refractivity contribution >= 4 is 71.4 Å². The van der Waals surface area contributed by atoms with E-state index in [4.69, 9.17) is 35.6 Å². The lowest BCUT2D eigenvalue weighted by Crippen LogP contribution is -2.33. The lowest BCUT2D eigenvalue weighted by molar-refractivity contribution is -0.186. The predicted octanol–water partition coefficient (Wildman–Crippen LogP) is 13.2. The number of nitrogens with one attached hydrogen (secondary N) is 2. The molecule has 2 aliphatic heterocycles. The minimum atomic E-state index is -0.984. The van der Waals surface area contributed by atoms with E-state index in [9.17, 15) is 43.2 Å². The maximum Gasteiger partial charge on any atom is 0.335 e. The van der Waals surface area contributed by atoms with Crippen molar-refractivity contribution in [3.8, 4) is 0 Å². The molecule has 10 rings (SSSR count). The topological polar surface area (TPSA) is 301 Å². The van der Waals surface area contributed by atoms with Crippen LogP contribution < -0.4 is 16.9 Å². The summed E-state index contributed by atoms with van der Waals surface area (Å²) in [5, 5.41) is 25.7. The molecule has 19 heteroatoms. The molecule has 0 bridgehead atoms. The van der Waals surface area contributed by atoms with Crippen LogP contribution in [0.15, 0.2) is 237 Å². The number of hydroxylamine groups is 2. The predicted molar refractivity (Wildman–Crippen MR) is 351 cm³/mol. The third-order valence-electron chi connectivity index (χ3n) is 13.2. The molecule has 2 fully saturated rings. The molecule has 2 unspecified atom stereocenters. The van der Waals surface area contributed by atoms with Gasteiger partial charge in [-0.25, -0.2) is 31.3 Å². The van der Waals surface area contributed by atoms with E-state index in [0.29, 0.717) is 46.3 Å². The molecule has 7 N–H and O–H groups in total. The second kappa shape index (κ2) is 41.3. The molecule has 2 heterocycles. The smallest absolute Gasteiger partial charge is 0.335 e. The molecule has 0 saturated carbocycles. The first-order chi connectivity index (χ1) is 45.1. The van der Waals surface area contributed by atoms with E-state index in [0.717, 1.165) is 61.0 Å². The summed E-state index contributed by atoms with van der Waals surface area (Å²) < 4.78 is 10.5. The van der Waals surface area contributed by atoms with Crippen molar-refractivity contribution in [1.29, 1.82) is 0 Å². The normalized spacial score (nSPS) is 13.8. The van der Waals surface area contributed by atoms with Gasteiger partial charge in [0.05, 0.1) is 11.1 Å². The Kier molecular flexibility index (Phi) is 32.3. The second-order valence-corrected chi connectivity index (χ2v) is 20.0. The number of aromatic carboxylic acids is 2. The molecule has 0 aliphatic carbocycles. The summed E-state index contributed by atoms with van der Waals surface area (Å²) in [6.07, 6.45) is 15.8. The van der Waals surface area contributed by atoms with Gasteiger partial charge in [-0.3, -0.25) is 43.6 Å². The van der Waals surface area contributed by atoms with Crippen LogP contribution in [0.3, 0.4) is 0 Å². The number of benzene rings is 8. The SMILES string of the molecule is CC(=O)c1ccccc1.NOC1CCCCO1.O=C(/C=C/c1ccc(C(=O)NO)cc1)c1ccccc1.O=C(/C=C/c1ccc(C(=O)NOC2CCCCO2)cc1)c1ccccc1.O=C(O)c1ccc(/C=C/C(=O)c2ccccc2)cc1.O=Cc1ccc(C(=O)O)cc1. The van der Waals surface area contributed by atoms with Crippen LogP contribution >= 0.6 is 0 Å². The summed E-state index contributed by atoms with van der Waals surface area (Å²) in [4.78, 5) is 110. The van der Waals surface area contributed by atoms with Crippen LogP contribution in [0.1, 0.15) is 155 Å². The highest BCUT2D eigenvalue weighted by molar-refractivity contribution is 6.08. The van der Waals surface area contributed by atoms with Gasteiger partial charge >= 0.3 is 11.9 Å². The molecule has 93 heavy (non-hydrogen) atoms. The first kappa shape index (κ1) is 72.7. The van der Waals surface area contributed by atoms with Crippen molar-refractivity contribution in [3.63, 3.8) is 0 Å². The zero-order chi connectivity index (χ0) is 67.0. The van der Waals surface area contributed by atoms with Gasteiger partial charge in [-0.15, -0.1) is 0 Å². The van der Waals surface area contributed by atoms with Gasteiger partial charge in [-0.1, -0.05) is 188 Å². The van der Waals surface area contributed by atoms with Crippen molar-refractivity contribution in [2.24, 2.45) is 5.90 Å². The fourth-order valence-electron chi connectivity index (χ4n) is 8.08. The number of carbonyl (C=O) groups excluding carboxylic acids is 7. The third kappa shape index (κ3) is 27.7. The fraction of sp³-hybridized carbons (Fsp3) is 0.149. The van der Waals surface area contributed by atoms with E-state index in [2.05, 4.69) is 10.3 Å². The Morgan fingerprint density at radius 3 is 1.02 bits per heavy atom. The standard InChI is InChI=1S/C21H21NO4.C16H13NO3.C16H12O3.C8H6O3.C8H8O.C5H11NO2/c23-19(17-6-2-1-3-7-17)14-11-16-9-12-18(13-10-16)21(24)22-26-20-8-4-5-15-25-20;18-15(13-4-2-1-3-5-13)11-8-12-6-9-14(10-7-12)16(19)17-20;17-15(13-4-2-1-3-5-13)11-8-12-6-9-14(10-7-12)16(18)19;9-5-6-1-3-7(4-2-6)8(10)11;1-7(9)8-5-3-2-4-6-8;6-8-5-3-1-2-4-7-5/h1-3,6-7,9-14,20H,4-5,8,15H2,(H,22,24);1-11,20H,(H,17,19);1-11H,(H,18,19);1-5H,(H,10,11);2-6H,1H3;5H,1-4,6H2/b14-11+;2*11-8+;;;. The van der Waals surface area contributed by atoms with E-state index in [-0.39, 0.29) is 52.7 Å². The average molecular weight is 1260 g/mol. The molecular formula is C74H71N3O16. The van der Waals surface area contributed by atoms with E-state index in [1.165, 1.54) is 61.0 Å². The number of rotatable bonds is 18. The number of nitrogens with two attached hydrogens (primary N) is 1. The van der Waals surface area contributed by atoms with E-state index in [1.54, 1.807) is 128 Å².